The van der Waals surface area contributed by atoms with Crippen molar-refractivity contribution in [2.24, 2.45) is 0 Å². The van der Waals surface area contributed by atoms with Crippen molar-refractivity contribution in [3.8, 4) is 11.5 Å². The Morgan fingerprint density at radius 3 is 2.31 bits per heavy atom. The van der Waals surface area contributed by atoms with Crippen molar-refractivity contribution in [3.05, 3.63) is 88.4 Å². The molecule has 0 radical (unpaired) electrons. The molecule has 9 nitrogen and oxygen atoms in total. The molecule has 4 rings (SSSR count). The molecule has 1 aliphatic heterocycles. The molecule has 39 heavy (non-hydrogen) atoms. The lowest BCUT2D eigenvalue weighted by atomic mass is 10.0. The fourth-order valence-corrected chi connectivity index (χ4v) is 5.64. The highest BCUT2D eigenvalue weighted by molar-refractivity contribution is 9.10. The van der Waals surface area contributed by atoms with Gasteiger partial charge in [-0.25, -0.2) is 8.42 Å². The second kappa shape index (κ2) is 12.5. The number of rotatable bonds is 10. The minimum atomic E-state index is -3.88. The van der Waals surface area contributed by atoms with E-state index in [0.29, 0.717) is 24.7 Å². The Morgan fingerprint density at radius 1 is 0.949 bits per heavy atom. The number of likely N-dealkylation sites (N-methyl/N-ethyl adjacent to an activating group) is 1. The van der Waals surface area contributed by atoms with Gasteiger partial charge in [0.25, 0.3) is 0 Å². The van der Waals surface area contributed by atoms with E-state index in [4.69, 9.17) is 9.47 Å². The predicted molar refractivity (Wildman–Crippen MR) is 152 cm³/mol. The van der Waals surface area contributed by atoms with E-state index in [9.17, 15) is 18.0 Å². The molecule has 1 heterocycles. The van der Waals surface area contributed by atoms with Crippen molar-refractivity contribution >= 4 is 43.5 Å². The summed E-state index contributed by atoms with van der Waals surface area (Å²) >= 11 is 3.46. The highest BCUT2D eigenvalue weighted by Crippen LogP contribution is 2.34. The number of carbonyl (C=O) groups is 2. The highest BCUT2D eigenvalue weighted by atomic mass is 79.9. The molecule has 1 aliphatic rings. The maximum absolute atomic E-state index is 14.0. The van der Waals surface area contributed by atoms with Crippen molar-refractivity contribution < 1.29 is 27.5 Å². The molecule has 0 aliphatic carbocycles. The largest absolute Gasteiger partial charge is 0.486 e. The molecule has 0 aromatic heterocycles. The predicted octanol–water partition coefficient (Wildman–Crippen LogP) is 3.37. The van der Waals surface area contributed by atoms with Gasteiger partial charge in [0.2, 0.25) is 21.8 Å². The summed E-state index contributed by atoms with van der Waals surface area (Å²) in [5.41, 5.74) is 1.91. The van der Waals surface area contributed by atoms with E-state index in [1.54, 1.807) is 18.2 Å². The lowest BCUT2D eigenvalue weighted by Gasteiger charge is -2.33. The van der Waals surface area contributed by atoms with E-state index >= 15 is 0 Å². The first-order valence-corrected chi connectivity index (χ1v) is 15.0. The zero-order valence-corrected chi connectivity index (χ0v) is 24.1. The summed E-state index contributed by atoms with van der Waals surface area (Å²) in [7, 11) is -2.37. The molecule has 0 spiro atoms. The Hall–Kier alpha value is -3.57. The summed E-state index contributed by atoms with van der Waals surface area (Å²) in [6, 6.07) is 20.6. The second-order valence-electron chi connectivity index (χ2n) is 9.07. The van der Waals surface area contributed by atoms with Crippen LogP contribution in [-0.4, -0.2) is 64.2 Å². The molecule has 0 bridgehead atoms. The molecular formula is C28H30BrN3O6S. The van der Waals surface area contributed by atoms with Crippen LogP contribution in [-0.2, 0) is 32.6 Å². The zero-order chi connectivity index (χ0) is 28.0. The molecule has 3 aromatic carbocycles. The Kier molecular flexibility index (Phi) is 9.13. The van der Waals surface area contributed by atoms with Crippen molar-refractivity contribution in [1.29, 1.82) is 0 Å². The summed E-state index contributed by atoms with van der Waals surface area (Å²) in [6.07, 6.45) is 1.29. The summed E-state index contributed by atoms with van der Waals surface area (Å²) in [5, 5.41) is 2.66. The number of carbonyl (C=O) groups excluding carboxylic acids is 2. The lowest BCUT2D eigenvalue weighted by Crippen LogP contribution is -2.52. The Bertz CT molecular complexity index is 1430. The van der Waals surface area contributed by atoms with Crippen molar-refractivity contribution in [1.82, 2.24) is 10.2 Å². The fourth-order valence-electron chi connectivity index (χ4n) is 4.35. The third-order valence-electron chi connectivity index (χ3n) is 6.25. The summed E-state index contributed by atoms with van der Waals surface area (Å²) in [5.74, 6) is 0.0222. The first-order chi connectivity index (χ1) is 18.7. The van der Waals surface area contributed by atoms with E-state index in [1.165, 1.54) is 11.9 Å². The van der Waals surface area contributed by atoms with Crippen molar-refractivity contribution in [2.45, 2.75) is 19.0 Å². The average molecular weight is 617 g/mol. The van der Waals surface area contributed by atoms with E-state index in [-0.39, 0.29) is 24.6 Å². The third kappa shape index (κ3) is 7.30. The van der Waals surface area contributed by atoms with Crippen LogP contribution in [0.25, 0.3) is 0 Å². The molecule has 2 amide bonds. The van der Waals surface area contributed by atoms with Gasteiger partial charge >= 0.3 is 0 Å². The van der Waals surface area contributed by atoms with E-state index in [0.717, 1.165) is 26.2 Å². The number of hydrogen-bond acceptors (Lipinski definition) is 6. The van der Waals surface area contributed by atoms with Crippen LogP contribution in [0.5, 0.6) is 11.5 Å². The number of hydrogen-bond donors (Lipinski definition) is 1. The fraction of sp³-hybridized carbons (Fsp3) is 0.286. The molecule has 0 fully saturated rings. The van der Waals surface area contributed by atoms with Crippen LogP contribution in [0, 0.1) is 0 Å². The molecule has 206 valence electrons. The lowest BCUT2D eigenvalue weighted by molar-refractivity contribution is -0.139. The van der Waals surface area contributed by atoms with Gasteiger partial charge in [-0.3, -0.25) is 13.9 Å². The number of nitrogens with zero attached hydrogens (tertiary/aromatic N) is 2. The standard InChI is InChI=1S/C28H30BrN3O6S/c1-30-28(34)24(16-20-7-4-3-5-8-20)31(18-21-9-6-10-22(29)15-21)27(33)19-32(39(2,35)36)23-11-12-25-26(17-23)38-14-13-37-25/h3-12,15,17,24H,13-14,16,18-19H2,1-2H3,(H,30,34)/t24-/m1/s1. The van der Waals surface area contributed by atoms with E-state index in [2.05, 4.69) is 21.2 Å². The van der Waals surface area contributed by atoms with Crippen LogP contribution < -0.4 is 19.1 Å². The van der Waals surface area contributed by atoms with E-state index in [1.807, 2.05) is 54.6 Å². The molecular weight excluding hydrogens is 586 g/mol. The molecule has 1 atom stereocenters. The minimum absolute atomic E-state index is 0.0991. The maximum atomic E-state index is 14.0. The number of benzene rings is 3. The quantitative estimate of drug-likeness (QED) is 0.375. The molecule has 11 heteroatoms. The van der Waals surface area contributed by atoms with Gasteiger partial charge in [-0.2, -0.15) is 0 Å². The van der Waals surface area contributed by atoms with Crippen LogP contribution in [0.3, 0.4) is 0 Å². The number of anilines is 1. The summed E-state index contributed by atoms with van der Waals surface area (Å²) in [4.78, 5) is 28.6. The Morgan fingerprint density at radius 2 is 1.64 bits per heavy atom. The first-order valence-electron chi connectivity index (χ1n) is 12.3. The molecule has 0 unspecified atom stereocenters. The summed E-state index contributed by atoms with van der Waals surface area (Å²) < 4.78 is 38.8. The topological polar surface area (TPSA) is 105 Å². The van der Waals surface area contributed by atoms with Gasteiger partial charge in [0.1, 0.15) is 25.8 Å². The van der Waals surface area contributed by atoms with Gasteiger partial charge in [0, 0.05) is 30.6 Å². The number of sulfonamides is 1. The van der Waals surface area contributed by atoms with Crippen LogP contribution in [0.1, 0.15) is 11.1 Å². The van der Waals surface area contributed by atoms with Crippen LogP contribution in [0.15, 0.2) is 77.3 Å². The first kappa shape index (κ1) is 28.4. The zero-order valence-electron chi connectivity index (χ0n) is 21.7. The molecule has 1 N–H and O–H groups in total. The van der Waals surface area contributed by atoms with Gasteiger partial charge < -0.3 is 19.7 Å². The van der Waals surface area contributed by atoms with Gasteiger partial charge in [0.05, 0.1) is 11.9 Å². The third-order valence-corrected chi connectivity index (χ3v) is 7.89. The van der Waals surface area contributed by atoms with Crippen LogP contribution in [0.2, 0.25) is 0 Å². The summed E-state index contributed by atoms with van der Waals surface area (Å²) in [6.45, 7) is 0.326. The minimum Gasteiger partial charge on any atom is -0.486 e. The van der Waals surface area contributed by atoms with Gasteiger partial charge in [0.15, 0.2) is 11.5 Å². The second-order valence-corrected chi connectivity index (χ2v) is 11.9. The van der Waals surface area contributed by atoms with Gasteiger partial charge in [-0.1, -0.05) is 58.4 Å². The number of ether oxygens (including phenoxy) is 2. The van der Waals surface area contributed by atoms with Crippen molar-refractivity contribution in [2.75, 3.05) is 37.4 Å². The Labute approximate surface area is 236 Å². The van der Waals surface area contributed by atoms with Gasteiger partial charge in [-0.05, 0) is 35.4 Å². The number of halogens is 1. The smallest absolute Gasteiger partial charge is 0.244 e. The highest BCUT2D eigenvalue weighted by Gasteiger charge is 2.33. The maximum Gasteiger partial charge on any atom is 0.244 e. The molecule has 0 saturated heterocycles. The SMILES string of the molecule is CNC(=O)[C@@H](Cc1ccccc1)N(Cc1cccc(Br)c1)C(=O)CN(c1ccc2c(c1)OCCO2)S(C)(=O)=O. The van der Waals surface area contributed by atoms with E-state index < -0.39 is 28.5 Å². The Balaban J connectivity index is 1.71. The van der Waals surface area contributed by atoms with Crippen molar-refractivity contribution in [3.63, 3.8) is 0 Å². The number of fused-ring (bicyclic) bond motifs is 1. The molecule has 0 saturated carbocycles. The number of amides is 2. The molecule has 3 aromatic rings. The van der Waals surface area contributed by atoms with Crippen LogP contribution in [0.4, 0.5) is 5.69 Å². The monoisotopic (exact) mass is 615 g/mol. The normalized spacial score (nSPS) is 13.3. The van der Waals surface area contributed by atoms with Crippen LogP contribution >= 0.6 is 15.9 Å². The number of nitrogens with one attached hydrogen (secondary N) is 1. The average Bonchev–Trinajstić information content (AvgIpc) is 2.92. The van der Waals surface area contributed by atoms with Gasteiger partial charge in [-0.15, -0.1) is 0 Å².